The first-order valence-electron chi connectivity index (χ1n) is 14.0. The van der Waals surface area contributed by atoms with Crippen molar-refractivity contribution in [3.63, 3.8) is 0 Å². The van der Waals surface area contributed by atoms with Crippen molar-refractivity contribution in [1.82, 2.24) is 10.2 Å². The van der Waals surface area contributed by atoms with E-state index in [0.29, 0.717) is 0 Å². The zero-order valence-electron chi connectivity index (χ0n) is 23.6. The highest BCUT2D eigenvalue weighted by molar-refractivity contribution is 6.74. The summed E-state index contributed by atoms with van der Waals surface area (Å²) in [6.45, 7) is 17.3. The second-order valence-electron chi connectivity index (χ2n) is 12.6. The zero-order chi connectivity index (χ0) is 26.4. The Labute approximate surface area is 220 Å². The fourth-order valence-corrected chi connectivity index (χ4v) is 6.27. The molecule has 0 radical (unpaired) electrons. The van der Waals surface area contributed by atoms with E-state index < -0.39 is 13.9 Å². The first kappa shape index (κ1) is 29.1. The molecule has 2 aliphatic rings. The Kier molecular flexibility index (Phi) is 10.0. The van der Waals surface area contributed by atoms with Gasteiger partial charge in [-0.1, -0.05) is 75.6 Å². The van der Waals surface area contributed by atoms with Gasteiger partial charge in [0.05, 0.1) is 6.61 Å². The second kappa shape index (κ2) is 12.4. The molecule has 1 aromatic carbocycles. The molecule has 1 aromatic rings. The van der Waals surface area contributed by atoms with Crippen LogP contribution in [-0.4, -0.2) is 56.5 Å². The van der Waals surface area contributed by atoms with E-state index >= 15 is 0 Å². The molecule has 6 heteroatoms. The molecule has 2 fully saturated rings. The van der Waals surface area contributed by atoms with Crippen molar-refractivity contribution in [1.29, 1.82) is 0 Å². The van der Waals surface area contributed by atoms with Crippen molar-refractivity contribution >= 4 is 14.2 Å². The second-order valence-corrected chi connectivity index (χ2v) is 17.4. The lowest BCUT2D eigenvalue weighted by molar-refractivity contribution is -0.148. The highest BCUT2D eigenvalue weighted by Crippen LogP contribution is 2.41. The molecule has 1 saturated heterocycles. The molecule has 1 unspecified atom stereocenters. The van der Waals surface area contributed by atoms with Crippen LogP contribution in [-0.2, 0) is 14.8 Å². The van der Waals surface area contributed by atoms with Crippen LogP contribution in [0.3, 0.4) is 0 Å². The molecule has 1 aliphatic carbocycles. The molecule has 2 N–H and O–H groups in total. The van der Waals surface area contributed by atoms with Crippen molar-refractivity contribution in [2.24, 2.45) is 5.92 Å². The maximum atomic E-state index is 13.5. The highest BCUT2D eigenvalue weighted by Gasteiger charge is 2.47. The van der Waals surface area contributed by atoms with E-state index in [1.807, 2.05) is 30.3 Å². The van der Waals surface area contributed by atoms with Crippen molar-refractivity contribution in [3.8, 4) is 0 Å². The summed E-state index contributed by atoms with van der Waals surface area (Å²) in [7, 11) is -1.71. The van der Waals surface area contributed by atoms with E-state index in [1.54, 1.807) is 0 Å². The standard InChI is InChI=1S/C30H50N2O3Si/c1-24(23-35-36(5,6)29(2,3)4)13-12-20-32-21-18-27(19-22-32)31-28(33)30(34,26-16-10-11-17-26)25-14-8-7-9-15-25/h7-9,13-15,26-27,34H,10-12,16-23H2,1-6H3,(H,31,33)/b24-13-. The summed E-state index contributed by atoms with van der Waals surface area (Å²) in [5.41, 5.74) is 0.615. The van der Waals surface area contributed by atoms with Gasteiger partial charge in [-0.3, -0.25) is 4.79 Å². The molecule has 36 heavy (non-hydrogen) atoms. The summed E-state index contributed by atoms with van der Waals surface area (Å²) in [6.07, 6.45) is 9.19. The Morgan fingerprint density at radius 1 is 1.11 bits per heavy atom. The molecule has 1 atom stereocenters. The Morgan fingerprint density at radius 2 is 1.72 bits per heavy atom. The number of nitrogens with zero attached hydrogens (tertiary/aromatic N) is 1. The van der Waals surface area contributed by atoms with Crippen molar-refractivity contribution in [2.75, 3.05) is 26.2 Å². The summed E-state index contributed by atoms with van der Waals surface area (Å²) in [5.74, 6) is -0.213. The minimum atomic E-state index is -1.71. The lowest BCUT2D eigenvalue weighted by atomic mass is 9.79. The van der Waals surface area contributed by atoms with Gasteiger partial charge in [0.15, 0.2) is 13.9 Å². The topological polar surface area (TPSA) is 61.8 Å². The number of rotatable bonds is 10. The fourth-order valence-electron chi connectivity index (χ4n) is 5.25. The van der Waals surface area contributed by atoms with Crippen LogP contribution >= 0.6 is 0 Å². The largest absolute Gasteiger partial charge is 0.413 e. The number of carbonyl (C=O) groups excluding carboxylic acids is 1. The van der Waals surface area contributed by atoms with E-state index in [2.05, 4.69) is 57.1 Å². The van der Waals surface area contributed by atoms with E-state index in [-0.39, 0.29) is 22.9 Å². The summed E-state index contributed by atoms with van der Waals surface area (Å²) in [6, 6.07) is 9.68. The lowest BCUT2D eigenvalue weighted by Gasteiger charge is -2.37. The van der Waals surface area contributed by atoms with Crippen LogP contribution in [0.25, 0.3) is 0 Å². The zero-order valence-corrected chi connectivity index (χ0v) is 24.6. The predicted octanol–water partition coefficient (Wildman–Crippen LogP) is 6.00. The third-order valence-electron chi connectivity index (χ3n) is 8.83. The van der Waals surface area contributed by atoms with Gasteiger partial charge in [0, 0.05) is 31.6 Å². The molecule has 3 rings (SSSR count). The van der Waals surface area contributed by atoms with Gasteiger partial charge in [-0.25, -0.2) is 0 Å². The first-order chi connectivity index (χ1) is 16.9. The number of nitrogens with one attached hydrogen (secondary N) is 1. The molecular formula is C30H50N2O3Si. The summed E-state index contributed by atoms with van der Waals surface area (Å²) in [4.78, 5) is 15.9. The number of piperidine rings is 1. The molecule has 1 heterocycles. The van der Waals surface area contributed by atoms with Crippen LogP contribution in [0.2, 0.25) is 18.1 Å². The summed E-state index contributed by atoms with van der Waals surface area (Å²) in [5, 5.41) is 15.2. The number of benzene rings is 1. The van der Waals surface area contributed by atoms with E-state index in [1.165, 1.54) is 5.57 Å². The van der Waals surface area contributed by atoms with Crippen LogP contribution in [0.4, 0.5) is 0 Å². The average Bonchev–Trinajstić information content (AvgIpc) is 3.39. The molecule has 1 saturated carbocycles. The van der Waals surface area contributed by atoms with Crippen LogP contribution < -0.4 is 5.32 Å². The molecule has 0 spiro atoms. The number of likely N-dealkylation sites (tertiary alicyclic amines) is 1. The van der Waals surface area contributed by atoms with E-state index in [4.69, 9.17) is 4.43 Å². The SMILES string of the molecule is C/C(=C/CCN1CCC(NC(=O)C(O)(c2ccccc2)C2CCCC2)CC1)CO[Si](C)(C)C(C)(C)C. The van der Waals surface area contributed by atoms with Crippen LogP contribution in [0.5, 0.6) is 0 Å². The van der Waals surface area contributed by atoms with Crippen LogP contribution in [0.1, 0.15) is 78.2 Å². The van der Waals surface area contributed by atoms with E-state index in [0.717, 1.165) is 76.8 Å². The van der Waals surface area contributed by atoms with Gasteiger partial charge in [-0.15, -0.1) is 0 Å². The minimum absolute atomic E-state index is 0.00404. The first-order valence-corrected chi connectivity index (χ1v) is 16.9. The minimum Gasteiger partial charge on any atom is -0.413 e. The summed E-state index contributed by atoms with van der Waals surface area (Å²) >= 11 is 0. The lowest BCUT2D eigenvalue weighted by Crippen LogP contribution is -2.54. The van der Waals surface area contributed by atoms with Gasteiger partial charge in [0.1, 0.15) is 0 Å². The smallest absolute Gasteiger partial charge is 0.257 e. The summed E-state index contributed by atoms with van der Waals surface area (Å²) < 4.78 is 6.34. The van der Waals surface area contributed by atoms with Gasteiger partial charge in [-0.2, -0.15) is 0 Å². The number of amides is 1. The monoisotopic (exact) mass is 514 g/mol. The highest BCUT2D eigenvalue weighted by atomic mass is 28.4. The number of hydrogen-bond acceptors (Lipinski definition) is 4. The maximum Gasteiger partial charge on any atom is 0.257 e. The van der Waals surface area contributed by atoms with Crippen molar-refractivity contribution in [3.05, 3.63) is 47.5 Å². The quantitative estimate of drug-likeness (QED) is 0.297. The van der Waals surface area contributed by atoms with Crippen molar-refractivity contribution in [2.45, 2.75) is 102 Å². The molecular weight excluding hydrogens is 464 g/mol. The average molecular weight is 515 g/mol. The number of aliphatic hydroxyl groups is 1. The van der Waals surface area contributed by atoms with Gasteiger partial charge in [-0.05, 0) is 62.7 Å². The molecule has 0 aromatic heterocycles. The number of hydrogen-bond donors (Lipinski definition) is 2. The third kappa shape index (κ3) is 7.30. The van der Waals surface area contributed by atoms with Crippen molar-refractivity contribution < 1.29 is 14.3 Å². The number of carbonyl (C=O) groups is 1. The van der Waals surface area contributed by atoms with Gasteiger partial charge < -0.3 is 19.7 Å². The molecule has 202 valence electrons. The third-order valence-corrected chi connectivity index (χ3v) is 13.3. The molecule has 1 aliphatic heterocycles. The van der Waals surface area contributed by atoms with Crippen LogP contribution in [0.15, 0.2) is 42.0 Å². The Morgan fingerprint density at radius 3 is 2.31 bits per heavy atom. The molecule has 1 amide bonds. The Bertz CT molecular complexity index is 866. The van der Waals surface area contributed by atoms with Gasteiger partial charge in [0.25, 0.3) is 5.91 Å². The molecule has 5 nitrogen and oxygen atoms in total. The maximum absolute atomic E-state index is 13.5. The normalized spacial score (nSPS) is 20.9. The Balaban J connectivity index is 1.46. The van der Waals surface area contributed by atoms with Gasteiger partial charge >= 0.3 is 0 Å². The molecule has 0 bridgehead atoms. The predicted molar refractivity (Wildman–Crippen MR) is 151 cm³/mol. The van der Waals surface area contributed by atoms with E-state index in [9.17, 15) is 9.90 Å². The fraction of sp³-hybridized carbons (Fsp3) is 0.700. The Hall–Kier alpha value is -1.47. The van der Waals surface area contributed by atoms with Crippen LogP contribution in [0, 0.1) is 5.92 Å². The van der Waals surface area contributed by atoms with Gasteiger partial charge in [0.2, 0.25) is 0 Å².